The van der Waals surface area contributed by atoms with E-state index in [0.29, 0.717) is 23.2 Å². The Labute approximate surface area is 214 Å². The van der Waals surface area contributed by atoms with Gasteiger partial charge in [0.15, 0.2) is 11.5 Å². The van der Waals surface area contributed by atoms with Crippen LogP contribution in [0.1, 0.15) is 28.8 Å². The maximum atomic E-state index is 6.71. The van der Waals surface area contributed by atoms with E-state index >= 15 is 0 Å². The van der Waals surface area contributed by atoms with E-state index in [-0.39, 0.29) is 6.04 Å². The highest BCUT2D eigenvalue weighted by molar-refractivity contribution is 5.85. The van der Waals surface area contributed by atoms with Crippen LogP contribution < -0.4 is 29.0 Å². The van der Waals surface area contributed by atoms with Crippen LogP contribution >= 0.6 is 0 Å². The molecule has 6 rings (SSSR count). The SMILES string of the molecule is COc1ccc(C2C3=C(Nc4ncnn42)c2ccccc2OC3c2cc(OC)c(OC)c(OC)c2)cc1. The molecule has 2 aliphatic heterocycles. The summed E-state index contributed by atoms with van der Waals surface area (Å²) < 4.78 is 30.9. The quantitative estimate of drug-likeness (QED) is 0.403. The number of methoxy groups -OCH3 is 4. The number of aromatic nitrogens is 3. The van der Waals surface area contributed by atoms with Crippen LogP contribution in [0, 0.1) is 0 Å². The Morgan fingerprint density at radius 3 is 2.24 bits per heavy atom. The average Bonchev–Trinajstić information content (AvgIpc) is 3.43. The van der Waals surface area contributed by atoms with Crippen molar-refractivity contribution >= 4 is 11.6 Å². The summed E-state index contributed by atoms with van der Waals surface area (Å²) in [4.78, 5) is 4.49. The van der Waals surface area contributed by atoms with Gasteiger partial charge in [-0.05, 0) is 42.0 Å². The molecule has 0 aliphatic carbocycles. The number of anilines is 1. The monoisotopic (exact) mass is 498 g/mol. The Hall–Kier alpha value is -4.66. The number of benzene rings is 3. The maximum absolute atomic E-state index is 6.71. The van der Waals surface area contributed by atoms with Crippen LogP contribution in [-0.2, 0) is 0 Å². The molecule has 0 saturated heterocycles. The van der Waals surface area contributed by atoms with Gasteiger partial charge in [0.1, 0.15) is 30.0 Å². The Morgan fingerprint density at radius 2 is 1.57 bits per heavy atom. The smallest absolute Gasteiger partial charge is 0.226 e. The van der Waals surface area contributed by atoms with Gasteiger partial charge in [0.2, 0.25) is 11.7 Å². The maximum Gasteiger partial charge on any atom is 0.226 e. The van der Waals surface area contributed by atoms with Crippen molar-refractivity contribution in [1.82, 2.24) is 14.8 Å². The zero-order valence-corrected chi connectivity index (χ0v) is 20.9. The van der Waals surface area contributed by atoms with Gasteiger partial charge >= 0.3 is 0 Å². The molecule has 3 heterocycles. The molecule has 1 aromatic heterocycles. The molecule has 2 atom stereocenters. The van der Waals surface area contributed by atoms with Crippen molar-refractivity contribution < 1.29 is 23.7 Å². The summed E-state index contributed by atoms with van der Waals surface area (Å²) in [7, 11) is 6.45. The van der Waals surface area contributed by atoms with E-state index in [0.717, 1.165) is 39.5 Å². The lowest BCUT2D eigenvalue weighted by Crippen LogP contribution is -2.32. The molecule has 0 saturated carbocycles. The predicted octanol–water partition coefficient (Wildman–Crippen LogP) is 4.87. The molecule has 9 nitrogen and oxygen atoms in total. The van der Waals surface area contributed by atoms with Gasteiger partial charge in [-0.3, -0.25) is 0 Å². The summed E-state index contributed by atoms with van der Waals surface area (Å²) in [5.74, 6) is 3.80. The van der Waals surface area contributed by atoms with Gasteiger partial charge in [0, 0.05) is 16.7 Å². The molecule has 4 aromatic rings. The summed E-state index contributed by atoms with van der Waals surface area (Å²) in [5, 5.41) is 8.09. The van der Waals surface area contributed by atoms with Crippen LogP contribution in [0.2, 0.25) is 0 Å². The molecule has 2 unspecified atom stereocenters. The van der Waals surface area contributed by atoms with Crippen molar-refractivity contribution in [2.75, 3.05) is 33.8 Å². The van der Waals surface area contributed by atoms with Crippen molar-refractivity contribution in [3.05, 3.63) is 89.3 Å². The van der Waals surface area contributed by atoms with Crippen molar-refractivity contribution in [3.63, 3.8) is 0 Å². The van der Waals surface area contributed by atoms with E-state index in [1.807, 2.05) is 65.3 Å². The lowest BCUT2D eigenvalue weighted by atomic mass is 9.84. The minimum atomic E-state index is -0.490. The molecule has 0 amide bonds. The number of nitrogens with zero attached hydrogens (tertiary/aromatic N) is 3. The van der Waals surface area contributed by atoms with Gasteiger partial charge < -0.3 is 29.0 Å². The molecule has 0 spiro atoms. The first-order chi connectivity index (χ1) is 18.2. The summed E-state index contributed by atoms with van der Waals surface area (Å²) in [6.07, 6.45) is 1.06. The summed E-state index contributed by atoms with van der Waals surface area (Å²) in [5.41, 5.74) is 4.73. The number of rotatable bonds is 6. The third-order valence-electron chi connectivity index (χ3n) is 6.74. The molecule has 9 heteroatoms. The number of ether oxygens (including phenoxy) is 5. The van der Waals surface area contributed by atoms with Crippen molar-refractivity contribution in [2.24, 2.45) is 0 Å². The first kappa shape index (κ1) is 22.8. The van der Waals surface area contributed by atoms with Crippen LogP contribution in [0.5, 0.6) is 28.7 Å². The van der Waals surface area contributed by atoms with Crippen LogP contribution in [0.15, 0.2) is 72.6 Å². The largest absolute Gasteiger partial charge is 0.497 e. The number of fused-ring (bicyclic) bond motifs is 3. The fourth-order valence-electron chi connectivity index (χ4n) is 5.05. The van der Waals surface area contributed by atoms with E-state index in [9.17, 15) is 0 Å². The Bertz CT molecular complexity index is 1470. The van der Waals surface area contributed by atoms with E-state index in [4.69, 9.17) is 23.7 Å². The summed E-state index contributed by atoms with van der Waals surface area (Å²) in [6.45, 7) is 0. The third kappa shape index (κ3) is 3.62. The van der Waals surface area contributed by atoms with Gasteiger partial charge in [-0.2, -0.15) is 10.1 Å². The number of hydrogen-bond acceptors (Lipinski definition) is 8. The molecule has 3 aromatic carbocycles. The van der Waals surface area contributed by atoms with Crippen LogP contribution in [0.4, 0.5) is 5.95 Å². The zero-order chi connectivity index (χ0) is 25.5. The Kier molecular flexibility index (Phi) is 5.60. The van der Waals surface area contributed by atoms with E-state index < -0.39 is 6.10 Å². The number of hydrogen-bond donors (Lipinski definition) is 1. The van der Waals surface area contributed by atoms with Crippen molar-refractivity contribution in [1.29, 1.82) is 0 Å². The van der Waals surface area contributed by atoms with Crippen molar-refractivity contribution in [2.45, 2.75) is 12.1 Å². The minimum Gasteiger partial charge on any atom is -0.497 e. The predicted molar refractivity (Wildman–Crippen MR) is 138 cm³/mol. The van der Waals surface area contributed by atoms with Crippen LogP contribution in [0.3, 0.4) is 0 Å². The van der Waals surface area contributed by atoms with Crippen LogP contribution in [-0.4, -0.2) is 43.2 Å². The van der Waals surface area contributed by atoms with E-state index in [2.05, 4.69) is 15.4 Å². The standard InChI is InChI=1S/C28H26N4O5/c1-33-18-11-9-16(10-12-18)25-23-24(31-28-29-15-30-32(25)28)19-7-5-6-8-20(19)37-26(23)17-13-21(34-2)27(36-4)22(14-17)35-3/h5-15,25-26H,1-4H3,(H,29,30,31). The molecule has 188 valence electrons. The molecule has 2 aliphatic rings. The second-order valence-electron chi connectivity index (χ2n) is 8.61. The Morgan fingerprint density at radius 1 is 0.838 bits per heavy atom. The van der Waals surface area contributed by atoms with E-state index in [1.165, 1.54) is 0 Å². The topological polar surface area (TPSA) is 88.9 Å². The van der Waals surface area contributed by atoms with E-state index in [1.54, 1.807) is 34.8 Å². The van der Waals surface area contributed by atoms with Gasteiger partial charge in [0.25, 0.3) is 0 Å². The molecule has 0 radical (unpaired) electrons. The van der Waals surface area contributed by atoms with Gasteiger partial charge in [-0.1, -0.05) is 24.3 Å². The normalized spacial score (nSPS) is 17.5. The lowest BCUT2D eigenvalue weighted by molar-refractivity contribution is 0.221. The molecule has 0 fully saturated rings. The van der Waals surface area contributed by atoms with Crippen molar-refractivity contribution in [3.8, 4) is 28.7 Å². The molecular weight excluding hydrogens is 472 g/mol. The van der Waals surface area contributed by atoms with Gasteiger partial charge in [-0.25, -0.2) is 4.68 Å². The van der Waals surface area contributed by atoms with Gasteiger partial charge in [0.05, 0.1) is 34.1 Å². The second kappa shape index (κ2) is 9.09. The highest BCUT2D eigenvalue weighted by Gasteiger charge is 2.41. The summed E-state index contributed by atoms with van der Waals surface area (Å²) in [6, 6.07) is 19.5. The van der Waals surface area contributed by atoms with Gasteiger partial charge in [-0.15, -0.1) is 0 Å². The zero-order valence-electron chi connectivity index (χ0n) is 20.9. The number of nitrogens with one attached hydrogen (secondary N) is 1. The lowest BCUT2D eigenvalue weighted by Gasteiger charge is -2.39. The Balaban J connectivity index is 1.60. The second-order valence-corrected chi connectivity index (χ2v) is 8.61. The first-order valence-electron chi connectivity index (χ1n) is 11.8. The fourth-order valence-corrected chi connectivity index (χ4v) is 5.05. The third-order valence-corrected chi connectivity index (χ3v) is 6.74. The molecule has 1 N–H and O–H groups in total. The van der Waals surface area contributed by atoms with Crippen LogP contribution in [0.25, 0.3) is 5.70 Å². The number of para-hydroxylation sites is 1. The molecule has 0 bridgehead atoms. The highest BCUT2D eigenvalue weighted by Crippen LogP contribution is 2.52. The minimum absolute atomic E-state index is 0.294. The highest BCUT2D eigenvalue weighted by atomic mass is 16.5. The summed E-state index contributed by atoms with van der Waals surface area (Å²) >= 11 is 0. The first-order valence-corrected chi connectivity index (χ1v) is 11.8. The molecular formula is C28H26N4O5. The fraction of sp³-hybridized carbons (Fsp3) is 0.214. The average molecular weight is 499 g/mol. The molecule has 37 heavy (non-hydrogen) atoms.